The number of hydrogen-bond acceptors (Lipinski definition) is 6. The van der Waals surface area contributed by atoms with E-state index in [-0.39, 0.29) is 17.7 Å². The van der Waals surface area contributed by atoms with Crippen LogP contribution in [-0.2, 0) is 18.4 Å². The largest absolute Gasteiger partial charge is 0.416 e. The van der Waals surface area contributed by atoms with Crippen molar-refractivity contribution in [2.24, 2.45) is 7.05 Å². The van der Waals surface area contributed by atoms with Gasteiger partial charge >= 0.3 is 0 Å². The maximum atomic E-state index is 12.6. The molecule has 0 bridgehead atoms. The number of aryl methyl sites for hydroxylation is 3. The number of aromatic nitrogens is 4. The van der Waals surface area contributed by atoms with Crippen molar-refractivity contribution in [3.8, 4) is 0 Å². The summed E-state index contributed by atoms with van der Waals surface area (Å²) in [4.78, 5) is 14.4. The number of carbonyl (C=O) groups is 1. The third-order valence-corrected chi connectivity index (χ3v) is 4.56. The number of thioether (sulfide) groups is 1. The summed E-state index contributed by atoms with van der Waals surface area (Å²) in [5, 5.41) is 12.5. The highest BCUT2D eigenvalue weighted by atomic mass is 32.2. The Labute approximate surface area is 140 Å². The highest BCUT2D eigenvalue weighted by Crippen LogP contribution is 2.20. The molecule has 2 rings (SSSR count). The molecular weight excluding hydrogens is 314 g/mol. The molecule has 0 N–H and O–H groups in total. The number of hydrogen-bond donors (Lipinski definition) is 0. The summed E-state index contributed by atoms with van der Waals surface area (Å²) >= 11 is 1.27. The lowest BCUT2D eigenvalue weighted by Crippen LogP contribution is -2.37. The van der Waals surface area contributed by atoms with Gasteiger partial charge in [0.05, 0.1) is 11.4 Å². The first-order valence-electron chi connectivity index (χ1n) is 7.51. The lowest BCUT2D eigenvalue weighted by atomic mass is 10.1. The molecule has 0 spiro atoms. The fourth-order valence-corrected chi connectivity index (χ4v) is 3.01. The van der Waals surface area contributed by atoms with Gasteiger partial charge in [-0.15, -0.1) is 10.2 Å². The van der Waals surface area contributed by atoms with E-state index < -0.39 is 0 Å². The van der Waals surface area contributed by atoms with E-state index in [9.17, 15) is 4.79 Å². The van der Waals surface area contributed by atoms with Crippen LogP contribution in [0.4, 0.5) is 0 Å². The molecule has 1 amide bonds. The van der Waals surface area contributed by atoms with Gasteiger partial charge in [-0.2, -0.15) is 5.10 Å². The van der Waals surface area contributed by atoms with Crippen LogP contribution in [0, 0.1) is 20.8 Å². The SMILES string of the molecule is Cc1nnc(SCC(=O)N(Cc2c(C)nn(C)c2C)C(C)C)o1. The zero-order valence-electron chi connectivity index (χ0n) is 14.5. The first-order chi connectivity index (χ1) is 10.8. The van der Waals surface area contributed by atoms with E-state index in [4.69, 9.17) is 4.42 Å². The molecule has 0 aliphatic carbocycles. The Morgan fingerprint density at radius 2 is 2.00 bits per heavy atom. The Morgan fingerprint density at radius 1 is 1.30 bits per heavy atom. The number of amides is 1. The van der Waals surface area contributed by atoms with Crippen LogP contribution in [0.25, 0.3) is 0 Å². The van der Waals surface area contributed by atoms with E-state index in [2.05, 4.69) is 15.3 Å². The molecular formula is C15H23N5O2S. The molecule has 126 valence electrons. The molecule has 2 aromatic rings. The monoisotopic (exact) mass is 337 g/mol. The molecule has 0 saturated carbocycles. The summed E-state index contributed by atoms with van der Waals surface area (Å²) in [6.45, 7) is 10.3. The minimum absolute atomic E-state index is 0.0449. The third-order valence-electron chi connectivity index (χ3n) is 3.76. The predicted octanol–water partition coefficient (Wildman–Crippen LogP) is 2.26. The maximum Gasteiger partial charge on any atom is 0.277 e. The second-order valence-corrected chi connectivity index (χ2v) is 6.69. The van der Waals surface area contributed by atoms with Crippen molar-refractivity contribution in [2.75, 3.05) is 5.75 Å². The van der Waals surface area contributed by atoms with E-state index in [0.717, 1.165) is 17.0 Å². The first-order valence-corrected chi connectivity index (χ1v) is 8.49. The van der Waals surface area contributed by atoms with E-state index in [1.807, 2.05) is 44.3 Å². The van der Waals surface area contributed by atoms with E-state index in [1.165, 1.54) is 11.8 Å². The topological polar surface area (TPSA) is 77.1 Å². The molecule has 0 aliphatic heterocycles. The highest BCUT2D eigenvalue weighted by molar-refractivity contribution is 7.99. The average molecular weight is 337 g/mol. The van der Waals surface area contributed by atoms with Gasteiger partial charge < -0.3 is 9.32 Å². The lowest BCUT2D eigenvalue weighted by Gasteiger charge is -2.26. The Hall–Kier alpha value is -1.83. The Balaban J connectivity index is 2.06. The van der Waals surface area contributed by atoms with Crippen molar-refractivity contribution in [1.29, 1.82) is 0 Å². The van der Waals surface area contributed by atoms with Crippen molar-refractivity contribution < 1.29 is 9.21 Å². The summed E-state index contributed by atoms with van der Waals surface area (Å²) in [7, 11) is 1.92. The van der Waals surface area contributed by atoms with Gasteiger partial charge in [-0.3, -0.25) is 9.48 Å². The van der Waals surface area contributed by atoms with Crippen LogP contribution >= 0.6 is 11.8 Å². The molecule has 7 nitrogen and oxygen atoms in total. The molecule has 0 radical (unpaired) electrons. The van der Waals surface area contributed by atoms with Crippen LogP contribution in [0.2, 0.25) is 0 Å². The van der Waals surface area contributed by atoms with Gasteiger partial charge in [-0.05, 0) is 27.7 Å². The van der Waals surface area contributed by atoms with Gasteiger partial charge in [0.1, 0.15) is 0 Å². The van der Waals surface area contributed by atoms with Crippen molar-refractivity contribution >= 4 is 17.7 Å². The molecule has 2 heterocycles. The van der Waals surface area contributed by atoms with Crippen molar-refractivity contribution in [2.45, 2.75) is 52.4 Å². The zero-order chi connectivity index (χ0) is 17.1. The number of rotatable bonds is 6. The Bertz CT molecular complexity index is 692. The molecule has 0 fully saturated rings. The van der Waals surface area contributed by atoms with E-state index >= 15 is 0 Å². The third kappa shape index (κ3) is 4.13. The molecule has 0 unspecified atom stereocenters. The summed E-state index contributed by atoms with van der Waals surface area (Å²) < 4.78 is 7.14. The normalized spacial score (nSPS) is 11.3. The summed E-state index contributed by atoms with van der Waals surface area (Å²) in [6, 6.07) is 0.103. The smallest absolute Gasteiger partial charge is 0.277 e. The van der Waals surface area contributed by atoms with Crippen LogP contribution in [-0.4, -0.2) is 42.6 Å². The fraction of sp³-hybridized carbons (Fsp3) is 0.600. The van der Waals surface area contributed by atoms with Crippen molar-refractivity contribution in [3.63, 3.8) is 0 Å². The Morgan fingerprint density at radius 3 is 2.48 bits per heavy atom. The van der Waals surface area contributed by atoms with Gasteiger partial charge in [0.2, 0.25) is 11.8 Å². The summed E-state index contributed by atoms with van der Waals surface area (Å²) in [5.74, 6) is 0.823. The first kappa shape index (κ1) is 17.5. The second-order valence-electron chi connectivity index (χ2n) is 5.76. The molecule has 2 aromatic heterocycles. The van der Waals surface area contributed by atoms with Crippen molar-refractivity contribution in [1.82, 2.24) is 24.9 Å². The highest BCUT2D eigenvalue weighted by Gasteiger charge is 2.21. The zero-order valence-corrected chi connectivity index (χ0v) is 15.3. The van der Waals surface area contributed by atoms with Gasteiger partial charge in [-0.25, -0.2) is 0 Å². The molecule has 23 heavy (non-hydrogen) atoms. The molecule has 8 heteroatoms. The van der Waals surface area contributed by atoms with Crippen LogP contribution in [0.5, 0.6) is 0 Å². The predicted molar refractivity (Wildman–Crippen MR) is 88.1 cm³/mol. The molecule has 0 atom stereocenters. The minimum atomic E-state index is 0.0449. The molecule has 0 saturated heterocycles. The van der Waals surface area contributed by atoms with E-state index in [0.29, 0.717) is 17.7 Å². The minimum Gasteiger partial charge on any atom is -0.416 e. The lowest BCUT2D eigenvalue weighted by molar-refractivity contribution is -0.130. The standard InChI is InChI=1S/C15H23N5O2S/c1-9(2)20(7-13-10(3)18-19(6)11(13)4)14(21)8-23-15-17-16-12(5)22-15/h9H,7-8H2,1-6H3. The van der Waals surface area contributed by atoms with Gasteiger partial charge in [0.15, 0.2) is 0 Å². The summed E-state index contributed by atoms with van der Waals surface area (Å²) in [5.41, 5.74) is 3.15. The van der Waals surface area contributed by atoms with Gasteiger partial charge in [0, 0.05) is 37.8 Å². The molecule has 0 aromatic carbocycles. The Kier molecular flexibility index (Phi) is 5.46. The van der Waals surface area contributed by atoms with Crippen LogP contribution in [0.15, 0.2) is 9.64 Å². The number of nitrogens with zero attached hydrogens (tertiary/aromatic N) is 5. The van der Waals surface area contributed by atoms with E-state index in [1.54, 1.807) is 6.92 Å². The van der Waals surface area contributed by atoms with Gasteiger partial charge in [0.25, 0.3) is 5.22 Å². The van der Waals surface area contributed by atoms with Crippen LogP contribution in [0.3, 0.4) is 0 Å². The fourth-order valence-electron chi connectivity index (χ4n) is 2.32. The second kappa shape index (κ2) is 7.16. The quantitative estimate of drug-likeness (QED) is 0.753. The van der Waals surface area contributed by atoms with Crippen LogP contribution < -0.4 is 0 Å². The maximum absolute atomic E-state index is 12.6. The molecule has 0 aliphatic rings. The average Bonchev–Trinajstić information content (AvgIpc) is 2.99. The summed E-state index contributed by atoms with van der Waals surface area (Å²) in [6.07, 6.45) is 0. The number of carbonyl (C=O) groups excluding carboxylic acids is 1. The van der Waals surface area contributed by atoms with Crippen molar-refractivity contribution in [3.05, 3.63) is 22.8 Å². The van der Waals surface area contributed by atoms with Gasteiger partial charge in [-0.1, -0.05) is 11.8 Å². The van der Waals surface area contributed by atoms with Crippen LogP contribution in [0.1, 0.15) is 36.7 Å².